The van der Waals surface area contributed by atoms with Crippen molar-refractivity contribution in [3.8, 4) is 11.5 Å². The zero-order valence-electron chi connectivity index (χ0n) is 19.0. The van der Waals surface area contributed by atoms with E-state index >= 15 is 0 Å². The fraction of sp³-hybridized carbons (Fsp3) is 0.360. The Hall–Kier alpha value is -3.52. The topological polar surface area (TPSA) is 84.1 Å². The zero-order chi connectivity index (χ0) is 23.1. The molecule has 0 spiro atoms. The van der Waals surface area contributed by atoms with Crippen LogP contribution in [0.1, 0.15) is 22.9 Å². The third kappa shape index (κ3) is 3.41. The molecule has 0 saturated carbocycles. The minimum Gasteiger partial charge on any atom is -0.493 e. The largest absolute Gasteiger partial charge is 0.493 e. The number of ether oxygens (including phenoxy) is 3. The summed E-state index contributed by atoms with van der Waals surface area (Å²) >= 11 is 0. The first-order valence-corrected chi connectivity index (χ1v) is 11.0. The Morgan fingerprint density at radius 1 is 1.03 bits per heavy atom. The van der Waals surface area contributed by atoms with Gasteiger partial charge in [0.05, 0.1) is 33.4 Å². The fourth-order valence-electron chi connectivity index (χ4n) is 5.08. The molecule has 3 heterocycles. The van der Waals surface area contributed by atoms with Crippen LogP contribution >= 0.6 is 0 Å². The summed E-state index contributed by atoms with van der Waals surface area (Å²) in [6.07, 6.45) is 0.469. The van der Waals surface area contributed by atoms with E-state index in [1.807, 2.05) is 36.4 Å². The summed E-state index contributed by atoms with van der Waals surface area (Å²) in [5.41, 5.74) is 3.85. The van der Waals surface area contributed by atoms with Crippen LogP contribution in [-0.2, 0) is 20.7 Å². The van der Waals surface area contributed by atoms with Crippen LogP contribution in [0.15, 0.2) is 42.5 Å². The molecule has 2 aliphatic heterocycles. The van der Waals surface area contributed by atoms with Gasteiger partial charge in [0.2, 0.25) is 11.8 Å². The lowest BCUT2D eigenvalue weighted by Crippen LogP contribution is -2.63. The summed E-state index contributed by atoms with van der Waals surface area (Å²) in [7, 11) is 4.77. The number of methoxy groups -OCH3 is 3. The lowest BCUT2D eigenvalue weighted by molar-refractivity contribution is -0.159. The zero-order valence-corrected chi connectivity index (χ0v) is 19.0. The van der Waals surface area contributed by atoms with Crippen molar-refractivity contribution >= 4 is 22.7 Å². The third-order valence-electron chi connectivity index (χ3n) is 6.63. The molecule has 2 atom stereocenters. The molecule has 0 unspecified atom stereocenters. The van der Waals surface area contributed by atoms with E-state index in [4.69, 9.17) is 14.2 Å². The molecule has 0 aliphatic carbocycles. The van der Waals surface area contributed by atoms with Crippen molar-refractivity contribution in [2.24, 2.45) is 0 Å². The smallest absolute Gasteiger partial charge is 0.246 e. The van der Waals surface area contributed by atoms with Crippen molar-refractivity contribution < 1.29 is 23.8 Å². The lowest BCUT2D eigenvalue weighted by Gasteiger charge is -2.47. The first kappa shape index (κ1) is 21.3. The summed E-state index contributed by atoms with van der Waals surface area (Å²) in [5, 5.41) is 1.08. The average molecular weight is 450 g/mol. The van der Waals surface area contributed by atoms with Crippen LogP contribution < -0.4 is 9.47 Å². The Labute approximate surface area is 192 Å². The highest BCUT2D eigenvalue weighted by molar-refractivity contribution is 5.97. The maximum Gasteiger partial charge on any atom is 0.246 e. The first-order valence-electron chi connectivity index (χ1n) is 11.0. The molecule has 2 amide bonds. The summed E-state index contributed by atoms with van der Waals surface area (Å²) in [6, 6.07) is 12.7. The standard InChI is InChI=1S/C25H27N3O5/c1-31-11-10-27-14-22(29)28-19(25(27)30)13-17-16-6-4-5-7-18(16)26-23(17)24(28)15-8-9-20(32-2)21(12-15)33-3/h4-9,12,19,24,26H,10-11,13-14H2,1-3H3/t19-,24+/m0/s1. The first-order chi connectivity index (χ1) is 16.1. The number of nitrogens with one attached hydrogen (secondary N) is 1. The number of carbonyl (C=O) groups excluding carboxylic acids is 2. The summed E-state index contributed by atoms with van der Waals surface area (Å²) < 4.78 is 16.1. The highest BCUT2D eigenvalue weighted by atomic mass is 16.5. The Morgan fingerprint density at radius 3 is 2.58 bits per heavy atom. The Morgan fingerprint density at radius 2 is 1.82 bits per heavy atom. The van der Waals surface area contributed by atoms with Crippen molar-refractivity contribution in [2.45, 2.75) is 18.5 Å². The number of amides is 2. The van der Waals surface area contributed by atoms with Crippen molar-refractivity contribution in [3.05, 3.63) is 59.3 Å². The average Bonchev–Trinajstić information content (AvgIpc) is 3.22. The van der Waals surface area contributed by atoms with E-state index in [1.165, 1.54) is 0 Å². The van der Waals surface area contributed by atoms with E-state index in [0.29, 0.717) is 31.1 Å². The van der Waals surface area contributed by atoms with Crippen LogP contribution in [-0.4, -0.2) is 73.7 Å². The van der Waals surface area contributed by atoms with Crippen molar-refractivity contribution in [3.63, 3.8) is 0 Å². The molecule has 2 aromatic carbocycles. The van der Waals surface area contributed by atoms with Gasteiger partial charge in [0.1, 0.15) is 6.04 Å². The van der Waals surface area contributed by atoms with Gasteiger partial charge in [0.25, 0.3) is 0 Å². The number of H-pyrrole nitrogens is 1. The number of para-hydroxylation sites is 1. The predicted octanol–water partition coefficient (Wildman–Crippen LogP) is 2.52. The van der Waals surface area contributed by atoms with Crippen LogP contribution in [0.4, 0.5) is 0 Å². The maximum absolute atomic E-state index is 13.5. The third-order valence-corrected chi connectivity index (χ3v) is 6.63. The van der Waals surface area contributed by atoms with Gasteiger partial charge in [-0.15, -0.1) is 0 Å². The van der Waals surface area contributed by atoms with Crippen LogP contribution in [0, 0.1) is 0 Å². The highest BCUT2D eigenvalue weighted by Gasteiger charge is 2.48. The van der Waals surface area contributed by atoms with E-state index in [-0.39, 0.29) is 18.4 Å². The van der Waals surface area contributed by atoms with Gasteiger partial charge in [-0.2, -0.15) is 0 Å². The Balaban J connectivity index is 1.67. The van der Waals surface area contributed by atoms with E-state index in [0.717, 1.165) is 27.7 Å². The molecule has 172 valence electrons. The van der Waals surface area contributed by atoms with Gasteiger partial charge in [-0.3, -0.25) is 9.59 Å². The number of carbonyl (C=O) groups is 2. The number of hydrogen-bond acceptors (Lipinski definition) is 5. The van der Waals surface area contributed by atoms with E-state index in [9.17, 15) is 9.59 Å². The lowest BCUT2D eigenvalue weighted by atomic mass is 9.86. The minimum absolute atomic E-state index is 0.0397. The number of piperazine rings is 1. The van der Waals surface area contributed by atoms with Crippen molar-refractivity contribution in [1.29, 1.82) is 0 Å². The van der Waals surface area contributed by atoms with Gasteiger partial charge in [-0.1, -0.05) is 24.3 Å². The van der Waals surface area contributed by atoms with Gasteiger partial charge in [0.15, 0.2) is 11.5 Å². The molecule has 0 bridgehead atoms. The fourth-order valence-corrected chi connectivity index (χ4v) is 5.08. The summed E-state index contributed by atoms with van der Waals surface area (Å²) in [4.78, 5) is 33.8. The Bertz CT molecular complexity index is 1220. The number of aromatic nitrogens is 1. The van der Waals surface area contributed by atoms with Crippen LogP contribution in [0.2, 0.25) is 0 Å². The highest BCUT2D eigenvalue weighted by Crippen LogP contribution is 2.44. The van der Waals surface area contributed by atoms with Gasteiger partial charge >= 0.3 is 0 Å². The molecule has 8 heteroatoms. The van der Waals surface area contributed by atoms with Crippen LogP contribution in [0.25, 0.3) is 10.9 Å². The molecule has 2 aliphatic rings. The SMILES string of the molecule is COCCN1CC(=O)N2[C@H](c3ccc(OC)c(OC)c3)c3[nH]c4ccccc4c3C[C@H]2C1=O. The number of aromatic amines is 1. The number of fused-ring (bicyclic) bond motifs is 4. The van der Waals surface area contributed by atoms with Crippen LogP contribution in [0.3, 0.4) is 0 Å². The summed E-state index contributed by atoms with van der Waals surface area (Å²) in [6.45, 7) is 0.828. The quantitative estimate of drug-likeness (QED) is 0.625. The molecule has 3 aromatic rings. The van der Waals surface area contributed by atoms with Gasteiger partial charge in [0, 0.05) is 36.7 Å². The molecule has 5 rings (SSSR count). The molecule has 1 fully saturated rings. The minimum atomic E-state index is -0.576. The predicted molar refractivity (Wildman–Crippen MR) is 122 cm³/mol. The van der Waals surface area contributed by atoms with E-state index < -0.39 is 12.1 Å². The maximum atomic E-state index is 13.5. The number of nitrogens with zero attached hydrogens (tertiary/aromatic N) is 2. The number of hydrogen-bond donors (Lipinski definition) is 1. The van der Waals surface area contributed by atoms with E-state index in [2.05, 4.69) is 11.1 Å². The molecular formula is C25H27N3O5. The normalized spacial score (nSPS) is 20.1. The monoisotopic (exact) mass is 449 g/mol. The number of rotatable bonds is 6. The van der Waals surface area contributed by atoms with Crippen molar-refractivity contribution in [1.82, 2.24) is 14.8 Å². The van der Waals surface area contributed by atoms with E-state index in [1.54, 1.807) is 31.1 Å². The molecule has 0 radical (unpaired) electrons. The van der Waals surface area contributed by atoms with Gasteiger partial charge < -0.3 is 29.0 Å². The molecule has 1 saturated heterocycles. The van der Waals surface area contributed by atoms with Gasteiger partial charge in [-0.25, -0.2) is 0 Å². The Kier molecular flexibility index (Phi) is 5.46. The second-order valence-electron chi connectivity index (χ2n) is 8.35. The second kappa shape index (κ2) is 8.44. The van der Waals surface area contributed by atoms with Crippen molar-refractivity contribution in [2.75, 3.05) is 41.0 Å². The summed E-state index contributed by atoms with van der Waals surface area (Å²) in [5.74, 6) is 1.05. The van der Waals surface area contributed by atoms with Crippen LogP contribution in [0.5, 0.6) is 11.5 Å². The number of benzene rings is 2. The second-order valence-corrected chi connectivity index (χ2v) is 8.35. The molecule has 1 N–H and O–H groups in total. The molecule has 8 nitrogen and oxygen atoms in total. The van der Waals surface area contributed by atoms with Gasteiger partial charge in [-0.05, 0) is 29.3 Å². The molecule has 1 aromatic heterocycles. The molecule has 33 heavy (non-hydrogen) atoms. The molecular weight excluding hydrogens is 422 g/mol.